The van der Waals surface area contributed by atoms with Crippen molar-refractivity contribution in [2.24, 2.45) is 0 Å². The summed E-state index contributed by atoms with van der Waals surface area (Å²) in [6.07, 6.45) is 0.969. The van der Waals surface area contributed by atoms with Crippen LogP contribution in [0, 0.1) is 0 Å². The molecule has 0 aliphatic carbocycles. The van der Waals surface area contributed by atoms with Crippen molar-refractivity contribution in [3.05, 3.63) is 40.2 Å². The van der Waals surface area contributed by atoms with Crippen LogP contribution in [0.1, 0.15) is 25.8 Å². The Balaban J connectivity index is 2.17. The standard InChI is InChI=1S/C22H34N4O3S/c1-5-25(6-2)11-7-12-26(22(30)23-10-13-28-3)16-18-14-17-8-9-19(29-4)15-20(17)24-21(18)27/h8-9,14-15H,5-7,10-13,16H2,1-4H3,(H,23,30)(H,24,27). The minimum atomic E-state index is -0.107. The number of ether oxygens (including phenoxy) is 2. The number of fused-ring (bicyclic) bond motifs is 1. The summed E-state index contributed by atoms with van der Waals surface area (Å²) in [4.78, 5) is 20.1. The second-order valence-corrected chi connectivity index (χ2v) is 7.49. The molecule has 8 heteroatoms. The third kappa shape index (κ3) is 6.97. The molecule has 0 aliphatic heterocycles. The molecule has 7 nitrogen and oxygen atoms in total. The molecule has 0 saturated heterocycles. The van der Waals surface area contributed by atoms with E-state index in [0.29, 0.717) is 36.1 Å². The molecule has 1 aromatic heterocycles. The predicted octanol–water partition coefficient (Wildman–Crippen LogP) is 2.59. The molecule has 0 fully saturated rings. The third-order valence-corrected chi connectivity index (χ3v) is 5.56. The molecule has 2 aromatic rings. The van der Waals surface area contributed by atoms with Crippen molar-refractivity contribution in [1.82, 2.24) is 20.1 Å². The van der Waals surface area contributed by atoms with Crippen LogP contribution in [-0.2, 0) is 11.3 Å². The third-order valence-electron chi connectivity index (χ3n) is 5.16. The predicted molar refractivity (Wildman–Crippen MR) is 126 cm³/mol. The SMILES string of the molecule is CCN(CC)CCCN(Cc1cc2ccc(OC)cc2[nH]c1=O)C(=S)NCCOC. The first-order chi connectivity index (χ1) is 14.5. The molecule has 30 heavy (non-hydrogen) atoms. The monoisotopic (exact) mass is 434 g/mol. The summed E-state index contributed by atoms with van der Waals surface area (Å²) in [5.74, 6) is 0.715. The van der Waals surface area contributed by atoms with Gasteiger partial charge in [-0.2, -0.15) is 0 Å². The Morgan fingerprint density at radius 1 is 1.17 bits per heavy atom. The zero-order chi connectivity index (χ0) is 21.9. The average Bonchev–Trinajstić information content (AvgIpc) is 2.75. The zero-order valence-corrected chi connectivity index (χ0v) is 19.3. The van der Waals surface area contributed by atoms with E-state index in [1.165, 1.54) is 0 Å². The molecule has 166 valence electrons. The summed E-state index contributed by atoms with van der Waals surface area (Å²) in [5.41, 5.74) is 1.34. The maximum absolute atomic E-state index is 12.7. The number of methoxy groups -OCH3 is 2. The Labute approximate surface area is 184 Å². The summed E-state index contributed by atoms with van der Waals surface area (Å²) in [6.45, 7) is 9.83. The molecule has 0 unspecified atom stereocenters. The van der Waals surface area contributed by atoms with Gasteiger partial charge in [-0.25, -0.2) is 0 Å². The molecule has 0 amide bonds. The van der Waals surface area contributed by atoms with Gasteiger partial charge in [0.25, 0.3) is 5.56 Å². The van der Waals surface area contributed by atoms with Crippen LogP contribution in [0.15, 0.2) is 29.1 Å². The van der Waals surface area contributed by atoms with Gasteiger partial charge < -0.3 is 29.6 Å². The van der Waals surface area contributed by atoms with Gasteiger partial charge >= 0.3 is 0 Å². The first-order valence-corrected chi connectivity index (χ1v) is 10.9. The topological polar surface area (TPSA) is 69.8 Å². The van der Waals surface area contributed by atoms with Crippen LogP contribution in [0.25, 0.3) is 10.9 Å². The van der Waals surface area contributed by atoms with E-state index in [9.17, 15) is 4.79 Å². The molecular weight excluding hydrogens is 400 g/mol. The molecular formula is C22H34N4O3S. The van der Waals surface area contributed by atoms with Gasteiger partial charge in [-0.15, -0.1) is 0 Å². The molecule has 0 saturated carbocycles. The lowest BCUT2D eigenvalue weighted by molar-refractivity contribution is 0.202. The van der Waals surface area contributed by atoms with Gasteiger partial charge in [-0.1, -0.05) is 13.8 Å². The van der Waals surface area contributed by atoms with Crippen LogP contribution in [0.4, 0.5) is 0 Å². The van der Waals surface area contributed by atoms with Gasteiger partial charge in [0, 0.05) is 31.8 Å². The number of aromatic nitrogens is 1. The van der Waals surface area contributed by atoms with Crippen molar-refractivity contribution < 1.29 is 9.47 Å². The summed E-state index contributed by atoms with van der Waals surface area (Å²) >= 11 is 5.61. The molecule has 1 heterocycles. The number of nitrogens with zero attached hydrogens (tertiary/aromatic N) is 2. The van der Waals surface area contributed by atoms with Crippen LogP contribution >= 0.6 is 12.2 Å². The number of benzene rings is 1. The molecule has 0 bridgehead atoms. The Hall–Kier alpha value is -2.16. The first kappa shape index (κ1) is 24.1. The fourth-order valence-corrected chi connectivity index (χ4v) is 3.58. The van der Waals surface area contributed by atoms with Crippen molar-refractivity contribution in [3.63, 3.8) is 0 Å². The van der Waals surface area contributed by atoms with E-state index in [2.05, 4.69) is 33.9 Å². The number of hydrogen-bond acceptors (Lipinski definition) is 5. The number of H-pyrrole nitrogens is 1. The van der Waals surface area contributed by atoms with Gasteiger partial charge in [0.15, 0.2) is 5.11 Å². The van der Waals surface area contributed by atoms with Gasteiger partial charge in [-0.3, -0.25) is 4.79 Å². The number of aromatic amines is 1. The van der Waals surface area contributed by atoms with Crippen LogP contribution in [0.5, 0.6) is 5.75 Å². The fourth-order valence-electron chi connectivity index (χ4n) is 3.32. The van der Waals surface area contributed by atoms with Gasteiger partial charge in [0.1, 0.15) is 5.75 Å². The molecule has 1 aromatic carbocycles. The highest BCUT2D eigenvalue weighted by molar-refractivity contribution is 7.80. The van der Waals surface area contributed by atoms with Crippen LogP contribution in [0.3, 0.4) is 0 Å². The van der Waals surface area contributed by atoms with Gasteiger partial charge in [-0.05, 0) is 61.9 Å². The van der Waals surface area contributed by atoms with Crippen molar-refractivity contribution in [2.45, 2.75) is 26.8 Å². The Kier molecular flexibility index (Phi) is 10.1. The fraction of sp³-hybridized carbons (Fsp3) is 0.545. The molecule has 0 atom stereocenters. The smallest absolute Gasteiger partial charge is 0.253 e. The van der Waals surface area contributed by atoms with E-state index in [-0.39, 0.29) is 5.56 Å². The van der Waals surface area contributed by atoms with Crippen molar-refractivity contribution in [2.75, 3.05) is 53.6 Å². The van der Waals surface area contributed by atoms with E-state index in [0.717, 1.165) is 43.5 Å². The van der Waals surface area contributed by atoms with Crippen molar-refractivity contribution in [1.29, 1.82) is 0 Å². The quantitative estimate of drug-likeness (QED) is 0.393. The highest BCUT2D eigenvalue weighted by Crippen LogP contribution is 2.19. The molecule has 2 rings (SSSR count). The van der Waals surface area contributed by atoms with Gasteiger partial charge in [0.2, 0.25) is 0 Å². The van der Waals surface area contributed by atoms with E-state index in [4.69, 9.17) is 21.7 Å². The number of rotatable bonds is 12. The Bertz CT molecular complexity index is 867. The second kappa shape index (κ2) is 12.5. The number of pyridine rings is 1. The lowest BCUT2D eigenvalue weighted by Crippen LogP contribution is -2.42. The molecule has 2 N–H and O–H groups in total. The van der Waals surface area contributed by atoms with E-state index in [1.54, 1.807) is 14.2 Å². The number of nitrogens with one attached hydrogen (secondary N) is 2. The first-order valence-electron chi connectivity index (χ1n) is 10.5. The average molecular weight is 435 g/mol. The van der Waals surface area contributed by atoms with Crippen LogP contribution in [0.2, 0.25) is 0 Å². The summed E-state index contributed by atoms with van der Waals surface area (Å²) in [7, 11) is 3.28. The minimum absolute atomic E-state index is 0.107. The highest BCUT2D eigenvalue weighted by Gasteiger charge is 2.14. The summed E-state index contributed by atoms with van der Waals surface area (Å²) in [6, 6.07) is 7.61. The van der Waals surface area contributed by atoms with E-state index >= 15 is 0 Å². The lowest BCUT2D eigenvalue weighted by Gasteiger charge is -2.27. The molecule has 0 radical (unpaired) electrons. The molecule has 0 spiro atoms. The zero-order valence-electron chi connectivity index (χ0n) is 18.5. The second-order valence-electron chi connectivity index (χ2n) is 7.10. The van der Waals surface area contributed by atoms with E-state index < -0.39 is 0 Å². The lowest BCUT2D eigenvalue weighted by atomic mass is 10.1. The van der Waals surface area contributed by atoms with Crippen molar-refractivity contribution >= 4 is 28.2 Å². The molecule has 0 aliphatic rings. The normalized spacial score (nSPS) is 11.1. The number of thiocarbonyl (C=S) groups is 1. The minimum Gasteiger partial charge on any atom is -0.497 e. The van der Waals surface area contributed by atoms with Crippen LogP contribution < -0.4 is 15.6 Å². The van der Waals surface area contributed by atoms with E-state index in [1.807, 2.05) is 24.3 Å². The Morgan fingerprint density at radius 3 is 2.60 bits per heavy atom. The summed E-state index contributed by atoms with van der Waals surface area (Å²) in [5, 5.41) is 4.84. The van der Waals surface area contributed by atoms with Crippen LogP contribution in [-0.4, -0.2) is 73.4 Å². The largest absolute Gasteiger partial charge is 0.497 e. The summed E-state index contributed by atoms with van der Waals surface area (Å²) < 4.78 is 10.4. The maximum Gasteiger partial charge on any atom is 0.253 e. The van der Waals surface area contributed by atoms with Crippen molar-refractivity contribution in [3.8, 4) is 5.75 Å². The van der Waals surface area contributed by atoms with Gasteiger partial charge in [0.05, 0.1) is 25.8 Å². The number of hydrogen-bond donors (Lipinski definition) is 2. The maximum atomic E-state index is 12.7. The Morgan fingerprint density at radius 2 is 1.93 bits per heavy atom. The highest BCUT2D eigenvalue weighted by atomic mass is 32.1.